The molecule has 1 aliphatic heterocycles. The fourth-order valence-corrected chi connectivity index (χ4v) is 4.00. The number of aliphatic hydroxyl groups excluding tert-OH is 2. The summed E-state index contributed by atoms with van der Waals surface area (Å²) in [5, 5.41) is 20.3. The second-order valence-electron chi connectivity index (χ2n) is 5.39. The number of nitrogens with zero attached hydrogens (tertiary/aromatic N) is 1. The summed E-state index contributed by atoms with van der Waals surface area (Å²) in [6, 6.07) is 0.271. The van der Waals surface area contributed by atoms with E-state index in [1.54, 1.807) is 11.8 Å². The van der Waals surface area contributed by atoms with Gasteiger partial charge in [-0.3, -0.25) is 0 Å². The van der Waals surface area contributed by atoms with Crippen LogP contribution in [0, 0.1) is 5.92 Å². The molecule has 0 spiro atoms. The third-order valence-corrected chi connectivity index (χ3v) is 5.00. The molecule has 3 atom stereocenters. The van der Waals surface area contributed by atoms with Gasteiger partial charge in [-0.05, 0) is 25.2 Å². The maximum atomic E-state index is 10.3. The van der Waals surface area contributed by atoms with Crippen molar-refractivity contribution in [3.05, 3.63) is 12.7 Å². The Morgan fingerprint density at radius 1 is 1.53 bits per heavy atom. The number of thioether (sulfide) groups is 1. The van der Waals surface area contributed by atoms with Gasteiger partial charge in [0.15, 0.2) is 0 Å². The van der Waals surface area contributed by atoms with Gasteiger partial charge in [0, 0.05) is 18.2 Å². The molecule has 3 nitrogen and oxygen atoms in total. The van der Waals surface area contributed by atoms with Crippen molar-refractivity contribution in [3.63, 3.8) is 0 Å². The largest absolute Gasteiger partial charge is 0.393 e. The van der Waals surface area contributed by atoms with Crippen LogP contribution in [0.25, 0.3) is 0 Å². The molecule has 1 saturated heterocycles. The standard InChI is InChI=1S/C14H25NO2S2/c1-4-5-6-7-11(16)8-13(17)15-12(10(2)3)9-19-14(15)18/h4,10-13,16-17H,1,5-9H2,2-3H3/t11-,12?,13?/m1/s1. The Labute approximate surface area is 126 Å². The van der Waals surface area contributed by atoms with E-state index in [0.29, 0.717) is 18.8 Å². The molecule has 1 rings (SSSR count). The first-order valence-electron chi connectivity index (χ1n) is 6.89. The van der Waals surface area contributed by atoms with Crippen LogP contribution < -0.4 is 0 Å². The fraction of sp³-hybridized carbons (Fsp3) is 0.786. The molecule has 0 aromatic rings. The van der Waals surface area contributed by atoms with Crippen LogP contribution in [0.1, 0.15) is 39.5 Å². The lowest BCUT2D eigenvalue weighted by molar-refractivity contribution is -0.0131. The van der Waals surface area contributed by atoms with Crippen LogP contribution in [0.5, 0.6) is 0 Å². The van der Waals surface area contributed by atoms with Crippen molar-refractivity contribution in [3.8, 4) is 0 Å². The maximum Gasteiger partial charge on any atom is 0.138 e. The number of aliphatic hydroxyl groups is 2. The summed E-state index contributed by atoms with van der Waals surface area (Å²) in [5.41, 5.74) is 0. The number of unbranched alkanes of at least 4 members (excludes halogenated alkanes) is 1. The van der Waals surface area contributed by atoms with Crippen LogP contribution in [-0.2, 0) is 0 Å². The van der Waals surface area contributed by atoms with Gasteiger partial charge in [-0.25, -0.2) is 0 Å². The number of thiocarbonyl (C=S) groups is 1. The van der Waals surface area contributed by atoms with E-state index in [0.717, 1.165) is 22.9 Å². The number of hydrogen-bond donors (Lipinski definition) is 2. The van der Waals surface area contributed by atoms with Crippen molar-refractivity contribution in [1.29, 1.82) is 0 Å². The summed E-state index contributed by atoms with van der Waals surface area (Å²) in [4.78, 5) is 1.90. The van der Waals surface area contributed by atoms with E-state index in [2.05, 4.69) is 20.4 Å². The molecule has 1 heterocycles. The lowest BCUT2D eigenvalue weighted by Gasteiger charge is -2.33. The van der Waals surface area contributed by atoms with Crippen LogP contribution in [0.2, 0.25) is 0 Å². The molecule has 0 amide bonds. The zero-order valence-corrected chi connectivity index (χ0v) is 13.4. The summed E-state index contributed by atoms with van der Waals surface area (Å²) in [6.45, 7) is 7.94. The monoisotopic (exact) mass is 303 g/mol. The number of hydrogen-bond acceptors (Lipinski definition) is 4. The van der Waals surface area contributed by atoms with E-state index in [1.807, 2.05) is 11.0 Å². The number of rotatable bonds is 8. The molecule has 0 aliphatic carbocycles. The maximum absolute atomic E-state index is 10.3. The highest BCUT2D eigenvalue weighted by Gasteiger charge is 2.35. The molecule has 1 fully saturated rings. The van der Waals surface area contributed by atoms with E-state index < -0.39 is 12.3 Å². The normalized spacial score (nSPS) is 22.9. The summed E-state index contributed by atoms with van der Waals surface area (Å²) < 4.78 is 0.754. The molecule has 2 unspecified atom stereocenters. The van der Waals surface area contributed by atoms with Crippen LogP contribution in [0.3, 0.4) is 0 Å². The third kappa shape index (κ3) is 5.06. The molecule has 0 bridgehead atoms. The Hall–Kier alpha value is -0.100. The average Bonchev–Trinajstić information content (AvgIpc) is 2.71. The summed E-state index contributed by atoms with van der Waals surface area (Å²) in [6.07, 6.45) is 3.57. The Morgan fingerprint density at radius 3 is 2.79 bits per heavy atom. The SMILES string of the molecule is C=CCCC[C@@H](O)CC(O)N1C(=S)SCC1C(C)C. The van der Waals surface area contributed by atoms with Crippen molar-refractivity contribution in [2.24, 2.45) is 5.92 Å². The molecular weight excluding hydrogens is 278 g/mol. The zero-order chi connectivity index (χ0) is 14.4. The molecule has 110 valence electrons. The quantitative estimate of drug-likeness (QED) is 0.410. The van der Waals surface area contributed by atoms with Crippen molar-refractivity contribution >= 4 is 28.3 Å². The molecule has 19 heavy (non-hydrogen) atoms. The van der Waals surface area contributed by atoms with Crippen LogP contribution in [0.15, 0.2) is 12.7 Å². The molecule has 5 heteroatoms. The van der Waals surface area contributed by atoms with Gasteiger partial charge in [0.2, 0.25) is 0 Å². The summed E-state index contributed by atoms with van der Waals surface area (Å²) in [5.74, 6) is 1.38. The van der Waals surface area contributed by atoms with Gasteiger partial charge in [0.25, 0.3) is 0 Å². The van der Waals surface area contributed by atoms with Gasteiger partial charge in [-0.2, -0.15) is 0 Å². The van der Waals surface area contributed by atoms with Crippen LogP contribution in [-0.4, -0.2) is 43.6 Å². The van der Waals surface area contributed by atoms with Gasteiger partial charge in [0.05, 0.1) is 6.10 Å². The summed E-state index contributed by atoms with van der Waals surface area (Å²) in [7, 11) is 0. The minimum atomic E-state index is -0.673. The Kier molecular flexibility index (Phi) is 7.36. The van der Waals surface area contributed by atoms with Gasteiger partial charge in [-0.1, -0.05) is 43.9 Å². The van der Waals surface area contributed by atoms with Crippen LogP contribution >= 0.6 is 24.0 Å². The molecule has 0 aromatic heterocycles. The zero-order valence-electron chi connectivity index (χ0n) is 11.8. The topological polar surface area (TPSA) is 43.7 Å². The minimum absolute atomic E-state index is 0.271. The van der Waals surface area contributed by atoms with Crippen LogP contribution in [0.4, 0.5) is 0 Å². The van der Waals surface area contributed by atoms with Crippen molar-refractivity contribution in [2.45, 2.75) is 57.9 Å². The highest BCUT2D eigenvalue weighted by molar-refractivity contribution is 8.23. The Morgan fingerprint density at radius 2 is 2.21 bits per heavy atom. The minimum Gasteiger partial charge on any atom is -0.393 e. The molecule has 1 aliphatic rings. The van der Waals surface area contributed by atoms with E-state index in [9.17, 15) is 10.2 Å². The van der Waals surface area contributed by atoms with Gasteiger partial charge in [0.1, 0.15) is 10.5 Å². The Bertz CT molecular complexity index is 310. The lowest BCUT2D eigenvalue weighted by Crippen LogP contribution is -2.45. The molecule has 0 radical (unpaired) electrons. The molecule has 2 N–H and O–H groups in total. The van der Waals surface area contributed by atoms with E-state index >= 15 is 0 Å². The first kappa shape index (κ1) is 17.0. The first-order valence-corrected chi connectivity index (χ1v) is 8.28. The average molecular weight is 303 g/mol. The number of allylic oxidation sites excluding steroid dienone is 1. The van der Waals surface area contributed by atoms with Gasteiger partial charge >= 0.3 is 0 Å². The molecular formula is C14H25NO2S2. The van der Waals surface area contributed by atoms with E-state index in [1.165, 1.54) is 0 Å². The highest BCUT2D eigenvalue weighted by atomic mass is 32.2. The Balaban J connectivity index is 2.48. The first-order chi connectivity index (χ1) is 8.97. The van der Waals surface area contributed by atoms with Crippen molar-refractivity contribution < 1.29 is 10.2 Å². The lowest BCUT2D eigenvalue weighted by atomic mass is 10.0. The predicted molar refractivity (Wildman–Crippen MR) is 86.2 cm³/mol. The predicted octanol–water partition coefficient (Wildman–Crippen LogP) is 2.77. The smallest absolute Gasteiger partial charge is 0.138 e. The second-order valence-corrected chi connectivity index (χ2v) is 7.04. The van der Waals surface area contributed by atoms with E-state index in [-0.39, 0.29) is 6.04 Å². The van der Waals surface area contributed by atoms with Crippen molar-refractivity contribution in [2.75, 3.05) is 5.75 Å². The molecule has 0 aromatic carbocycles. The van der Waals surface area contributed by atoms with Crippen molar-refractivity contribution in [1.82, 2.24) is 4.90 Å². The van der Waals surface area contributed by atoms with E-state index in [4.69, 9.17) is 12.2 Å². The highest BCUT2D eigenvalue weighted by Crippen LogP contribution is 2.31. The molecule has 0 saturated carbocycles. The second kappa shape index (κ2) is 8.25. The third-order valence-electron chi connectivity index (χ3n) is 3.46. The fourth-order valence-electron chi connectivity index (χ4n) is 2.28. The van der Waals surface area contributed by atoms with Gasteiger partial charge < -0.3 is 15.1 Å². The van der Waals surface area contributed by atoms with Gasteiger partial charge in [-0.15, -0.1) is 6.58 Å². The summed E-state index contributed by atoms with van der Waals surface area (Å²) >= 11 is 6.93.